The van der Waals surface area contributed by atoms with Gasteiger partial charge in [0.05, 0.1) is 52.9 Å². The van der Waals surface area contributed by atoms with Gasteiger partial charge in [-0.15, -0.1) is 0 Å². The summed E-state index contributed by atoms with van der Waals surface area (Å²) in [6, 6.07) is 31.3. The van der Waals surface area contributed by atoms with Crippen LogP contribution in [0, 0.1) is 0 Å². The molecule has 0 aliphatic rings. The van der Waals surface area contributed by atoms with Gasteiger partial charge in [0.15, 0.2) is 0 Å². The van der Waals surface area contributed by atoms with Crippen molar-refractivity contribution in [3.63, 3.8) is 0 Å². The maximum absolute atomic E-state index is 12.6. The Kier molecular flexibility index (Phi) is 34.9. The zero-order valence-corrected chi connectivity index (χ0v) is 55.7. The predicted octanol–water partition coefficient (Wildman–Crippen LogP) is 7.56. The van der Waals surface area contributed by atoms with Gasteiger partial charge in [-0.05, 0) is 132 Å². The number of nitrogens with one attached hydrogen (secondary N) is 6. The lowest BCUT2D eigenvalue weighted by Gasteiger charge is -2.15. The van der Waals surface area contributed by atoms with E-state index in [0.717, 1.165) is 77.5 Å². The summed E-state index contributed by atoms with van der Waals surface area (Å²) in [7, 11) is 12.2. The molecular formula is C71H108N10O10+2. The van der Waals surface area contributed by atoms with Gasteiger partial charge in [-0.25, -0.2) is 0 Å². The molecule has 6 aromatic rings. The molecule has 4 amide bonds. The number of hydrogen-bond donors (Lipinski definition) is 6. The normalized spacial score (nSPS) is 11.5. The Balaban J connectivity index is 0.636. The average molecular weight is 1260 g/mol. The molecule has 6 N–H and O–H groups in total. The van der Waals surface area contributed by atoms with Crippen molar-refractivity contribution >= 4 is 78.6 Å². The standard InChI is InChI=1S/C71H106N10O10/c1-72-54-56-22-24-58-50-59-25-23-57(55-73-2)49-65(59)80(64(58)48-56)34-11-7-9-18-68(82)74-30-14-36-86-40-44-90-46-42-88-38-16-32-76-70(84)20-13-21-71(85)77-33-17-39-89-43-47-91-45-41-87-37-15-31-75-69(83)19-10-8-12-35-81-66-52-62(78(3)4)28-26-60(66)51-61-27-29-63(79(5)6)53-67(61)81/h22-29,48-53,72-73H,7-21,30-47,54-55H2,1-6H3,(H2-2,74,75,76,77,82,83,84,85)/p+2. The fourth-order valence-corrected chi connectivity index (χ4v) is 10.8. The number of ether oxygens (including phenoxy) is 6. The first kappa shape index (κ1) is 73.4. The maximum atomic E-state index is 12.6. The van der Waals surface area contributed by atoms with E-state index in [0.29, 0.717) is 150 Å². The molecule has 0 aliphatic carbocycles. The van der Waals surface area contributed by atoms with Crippen LogP contribution in [0.25, 0.3) is 43.6 Å². The van der Waals surface area contributed by atoms with Crippen LogP contribution >= 0.6 is 0 Å². The van der Waals surface area contributed by atoms with E-state index in [-0.39, 0.29) is 23.6 Å². The van der Waals surface area contributed by atoms with E-state index in [9.17, 15) is 19.2 Å². The van der Waals surface area contributed by atoms with Gasteiger partial charge >= 0.3 is 0 Å². The second kappa shape index (κ2) is 43.3. The van der Waals surface area contributed by atoms with Gasteiger partial charge < -0.3 is 70.1 Å². The van der Waals surface area contributed by atoms with Crippen molar-refractivity contribution in [1.82, 2.24) is 31.9 Å². The largest absolute Gasteiger partial charge is 0.379 e. The summed E-state index contributed by atoms with van der Waals surface area (Å²) < 4.78 is 38.7. The quantitative estimate of drug-likeness (QED) is 0.0124. The zero-order chi connectivity index (χ0) is 64.7. The van der Waals surface area contributed by atoms with Gasteiger partial charge in [0.2, 0.25) is 45.7 Å². The van der Waals surface area contributed by atoms with E-state index in [1.807, 2.05) is 14.1 Å². The van der Waals surface area contributed by atoms with Crippen LogP contribution in [-0.2, 0) is 73.8 Å². The van der Waals surface area contributed by atoms with Crippen LogP contribution in [0.15, 0.2) is 84.9 Å². The molecule has 0 aliphatic heterocycles. The van der Waals surface area contributed by atoms with Crippen molar-refractivity contribution in [3.05, 3.63) is 96.1 Å². The Hall–Kier alpha value is -6.62. The van der Waals surface area contributed by atoms with Gasteiger partial charge in [0, 0.05) is 190 Å². The minimum Gasteiger partial charge on any atom is -0.379 e. The summed E-state index contributed by atoms with van der Waals surface area (Å²) in [6.45, 7) is 11.4. The van der Waals surface area contributed by atoms with Crippen molar-refractivity contribution in [2.24, 2.45) is 0 Å². The topological polar surface area (TPSA) is 210 Å². The Morgan fingerprint density at radius 2 is 0.637 bits per heavy atom. The molecule has 0 saturated heterocycles. The highest BCUT2D eigenvalue weighted by atomic mass is 16.5. The number of carbonyl (C=O) groups is 4. The maximum Gasteiger partial charge on any atom is 0.220 e. The summed E-state index contributed by atoms with van der Waals surface area (Å²) in [4.78, 5) is 53.9. The molecule has 20 nitrogen and oxygen atoms in total. The molecule has 91 heavy (non-hydrogen) atoms. The second-order valence-electron chi connectivity index (χ2n) is 23.7. The number of fused-ring (bicyclic) bond motifs is 4. The molecule has 0 fully saturated rings. The zero-order valence-electron chi connectivity index (χ0n) is 55.7. The molecule has 0 saturated carbocycles. The summed E-state index contributed by atoms with van der Waals surface area (Å²) in [5, 5.41) is 23.3. The number of rotatable bonds is 50. The monoisotopic (exact) mass is 1260 g/mol. The third-order valence-electron chi connectivity index (χ3n) is 15.8. The van der Waals surface area contributed by atoms with E-state index >= 15 is 0 Å². The number of unbranched alkanes of at least 4 members (excludes halogenated alkanes) is 4. The molecule has 0 unspecified atom stereocenters. The van der Waals surface area contributed by atoms with Crippen molar-refractivity contribution in [3.8, 4) is 0 Å². The molecule has 0 bridgehead atoms. The van der Waals surface area contributed by atoms with Gasteiger partial charge in [-0.3, -0.25) is 19.2 Å². The first-order valence-electron chi connectivity index (χ1n) is 33.4. The average Bonchev–Trinajstić information content (AvgIpc) is 0.803. The summed E-state index contributed by atoms with van der Waals surface area (Å²) >= 11 is 0. The molecule has 0 radical (unpaired) electrons. The number of nitrogens with zero attached hydrogens (tertiary/aromatic N) is 4. The number of aryl methyl sites for hydroxylation is 2. The van der Waals surface area contributed by atoms with Crippen LogP contribution in [0.1, 0.15) is 107 Å². The highest BCUT2D eigenvalue weighted by Crippen LogP contribution is 2.26. The van der Waals surface area contributed by atoms with Gasteiger partial charge in [0.1, 0.15) is 13.1 Å². The van der Waals surface area contributed by atoms with Crippen molar-refractivity contribution in [2.45, 2.75) is 122 Å². The Bertz CT molecular complexity index is 3000. The van der Waals surface area contributed by atoms with Crippen LogP contribution in [-0.4, -0.2) is 171 Å². The SMILES string of the molecule is CNCc1ccc2cc3ccc(CNC)cc3[n+](CCCCCC(=O)NCCCOCCOCCOCCCNC(=O)CCCC(=O)NCCCOCCOCCOCCCNC(=O)CCCCC[n+]3c4cc(N(C)C)ccc4cc4ccc(N(C)C)cc43)c2c1. The smallest absolute Gasteiger partial charge is 0.220 e. The predicted molar refractivity (Wildman–Crippen MR) is 364 cm³/mol. The van der Waals surface area contributed by atoms with E-state index in [1.165, 1.54) is 66.1 Å². The molecule has 2 aromatic heterocycles. The third kappa shape index (κ3) is 27.6. The van der Waals surface area contributed by atoms with E-state index in [2.05, 4.69) is 164 Å². The molecule has 0 spiro atoms. The lowest BCUT2D eigenvalue weighted by Crippen LogP contribution is -2.36. The number of pyridine rings is 2. The van der Waals surface area contributed by atoms with Crippen LogP contribution < -0.4 is 50.8 Å². The van der Waals surface area contributed by atoms with Crippen molar-refractivity contribution in [2.75, 3.05) is 158 Å². The molecule has 4 aromatic carbocycles. The molecule has 6 rings (SSSR count). The van der Waals surface area contributed by atoms with Crippen LogP contribution in [0.2, 0.25) is 0 Å². The van der Waals surface area contributed by atoms with Gasteiger partial charge in [-0.1, -0.05) is 12.1 Å². The summed E-state index contributed by atoms with van der Waals surface area (Å²) in [6.07, 6.45) is 10.6. The Morgan fingerprint density at radius 3 is 0.956 bits per heavy atom. The van der Waals surface area contributed by atoms with Crippen molar-refractivity contribution < 1.29 is 56.7 Å². The lowest BCUT2D eigenvalue weighted by atomic mass is 10.0. The number of hydrogen-bond acceptors (Lipinski definition) is 14. The van der Waals surface area contributed by atoms with Crippen LogP contribution in [0.5, 0.6) is 0 Å². The third-order valence-corrected chi connectivity index (χ3v) is 15.8. The number of amides is 4. The fraction of sp³-hybridized carbons (Fsp3) is 0.577. The molecule has 0 atom stereocenters. The van der Waals surface area contributed by atoms with E-state index in [4.69, 9.17) is 28.4 Å². The van der Waals surface area contributed by atoms with Crippen molar-refractivity contribution in [1.29, 1.82) is 0 Å². The van der Waals surface area contributed by atoms with Crippen LogP contribution in [0.4, 0.5) is 11.4 Å². The highest BCUT2D eigenvalue weighted by molar-refractivity contribution is 5.92. The molecular weight excluding hydrogens is 1150 g/mol. The summed E-state index contributed by atoms with van der Waals surface area (Å²) in [5.74, 6) is 0.00739. The minimum atomic E-state index is -0.0783. The van der Waals surface area contributed by atoms with Crippen LogP contribution in [0.3, 0.4) is 0 Å². The lowest BCUT2D eigenvalue weighted by molar-refractivity contribution is -0.646. The number of aromatic nitrogens is 2. The second-order valence-corrected chi connectivity index (χ2v) is 23.7. The van der Waals surface area contributed by atoms with E-state index < -0.39 is 0 Å². The number of anilines is 2. The first-order valence-corrected chi connectivity index (χ1v) is 33.4. The Morgan fingerprint density at radius 1 is 0.341 bits per heavy atom. The molecule has 500 valence electrons. The summed E-state index contributed by atoms with van der Waals surface area (Å²) in [5.41, 5.74) is 9.78. The molecule has 20 heteroatoms. The number of benzene rings is 4. The van der Waals surface area contributed by atoms with Gasteiger partial charge in [0.25, 0.3) is 0 Å². The molecule has 2 heterocycles. The number of carbonyl (C=O) groups excluding carboxylic acids is 4. The Labute approximate surface area is 541 Å². The minimum absolute atomic E-state index is 0.0782. The highest BCUT2D eigenvalue weighted by Gasteiger charge is 2.20. The van der Waals surface area contributed by atoms with E-state index in [1.54, 1.807) is 0 Å². The first-order chi connectivity index (χ1) is 44.4. The fourth-order valence-electron chi connectivity index (χ4n) is 10.8. The van der Waals surface area contributed by atoms with Gasteiger partial charge in [-0.2, -0.15) is 9.13 Å².